The topological polar surface area (TPSA) is 59.9 Å². The van der Waals surface area contributed by atoms with Gasteiger partial charge in [-0.1, -0.05) is 12.1 Å². The molecule has 2 aromatic rings. The van der Waals surface area contributed by atoms with Gasteiger partial charge in [0.25, 0.3) is 5.91 Å². The molecule has 0 spiro atoms. The first kappa shape index (κ1) is 16.7. The fourth-order valence-electron chi connectivity index (χ4n) is 2.50. The fourth-order valence-corrected chi connectivity index (χ4v) is 2.50. The molecule has 0 aromatic heterocycles. The molecule has 0 unspecified atom stereocenters. The van der Waals surface area contributed by atoms with Gasteiger partial charge in [0.15, 0.2) is 0 Å². The molecule has 1 N–H and O–H groups in total. The SMILES string of the molecule is COc1ccc(CC2=N/C(=C/c3cc(F)ccc3OC)C(=O)N2)cc1. The van der Waals surface area contributed by atoms with Crippen molar-refractivity contribution in [2.45, 2.75) is 6.42 Å². The zero-order chi connectivity index (χ0) is 17.8. The Morgan fingerprint density at radius 1 is 1.12 bits per heavy atom. The Labute approximate surface area is 144 Å². The predicted octanol–water partition coefficient (Wildman–Crippen LogP) is 2.95. The van der Waals surface area contributed by atoms with Crippen LogP contribution in [0.15, 0.2) is 53.2 Å². The second kappa shape index (κ2) is 7.17. The van der Waals surface area contributed by atoms with Gasteiger partial charge < -0.3 is 14.8 Å². The summed E-state index contributed by atoms with van der Waals surface area (Å²) < 4.78 is 23.8. The fraction of sp³-hybridized carbons (Fsp3) is 0.158. The van der Waals surface area contributed by atoms with Crippen molar-refractivity contribution in [1.82, 2.24) is 5.32 Å². The van der Waals surface area contributed by atoms with Crippen LogP contribution in [-0.2, 0) is 11.2 Å². The number of nitrogens with zero attached hydrogens (tertiary/aromatic N) is 1. The summed E-state index contributed by atoms with van der Waals surface area (Å²) in [6.07, 6.45) is 1.99. The average molecular weight is 340 g/mol. The van der Waals surface area contributed by atoms with Crippen LogP contribution in [0.4, 0.5) is 4.39 Å². The molecule has 0 radical (unpaired) electrons. The summed E-state index contributed by atoms with van der Waals surface area (Å²) in [5.74, 6) is 1.04. The van der Waals surface area contributed by atoms with Crippen molar-refractivity contribution in [2.24, 2.45) is 4.99 Å². The van der Waals surface area contributed by atoms with Gasteiger partial charge in [-0.05, 0) is 42.0 Å². The number of hydrogen-bond donors (Lipinski definition) is 1. The zero-order valence-electron chi connectivity index (χ0n) is 13.9. The number of amides is 1. The molecule has 6 heteroatoms. The Morgan fingerprint density at radius 2 is 1.88 bits per heavy atom. The maximum Gasteiger partial charge on any atom is 0.275 e. The van der Waals surface area contributed by atoms with E-state index < -0.39 is 5.82 Å². The monoisotopic (exact) mass is 340 g/mol. The molecule has 1 aliphatic rings. The van der Waals surface area contributed by atoms with Crippen molar-refractivity contribution in [1.29, 1.82) is 0 Å². The summed E-state index contributed by atoms with van der Waals surface area (Å²) in [6, 6.07) is 11.6. The Kier molecular flexibility index (Phi) is 4.79. The van der Waals surface area contributed by atoms with Gasteiger partial charge >= 0.3 is 0 Å². The number of aliphatic imine (C=N–C) groups is 1. The van der Waals surface area contributed by atoms with E-state index >= 15 is 0 Å². The van der Waals surface area contributed by atoms with Crippen molar-refractivity contribution in [3.63, 3.8) is 0 Å². The molecule has 2 aromatic carbocycles. The standard InChI is InChI=1S/C19H17FN2O3/c1-24-15-6-3-12(4-7-15)9-18-21-16(19(23)22-18)11-13-10-14(20)5-8-17(13)25-2/h3-8,10-11H,9H2,1-2H3,(H,21,22,23)/b16-11+. The number of carbonyl (C=O) groups excluding carboxylic acids is 1. The normalized spacial score (nSPS) is 15.1. The maximum atomic E-state index is 13.4. The molecule has 0 saturated heterocycles. The highest BCUT2D eigenvalue weighted by molar-refractivity contribution is 6.14. The molecule has 5 nitrogen and oxygen atoms in total. The van der Waals surface area contributed by atoms with E-state index in [0.717, 1.165) is 11.3 Å². The van der Waals surface area contributed by atoms with E-state index in [1.807, 2.05) is 24.3 Å². The molecule has 0 fully saturated rings. The summed E-state index contributed by atoms with van der Waals surface area (Å²) in [5.41, 5.74) is 1.67. The Bertz CT molecular complexity index is 857. The second-order valence-electron chi connectivity index (χ2n) is 5.45. The first-order chi connectivity index (χ1) is 12.1. The molecule has 0 bridgehead atoms. The van der Waals surface area contributed by atoms with Crippen LogP contribution in [0.5, 0.6) is 11.5 Å². The third-order valence-corrected chi connectivity index (χ3v) is 3.76. The summed E-state index contributed by atoms with van der Waals surface area (Å²) in [7, 11) is 3.09. The molecular formula is C19H17FN2O3. The van der Waals surface area contributed by atoms with Crippen molar-refractivity contribution in [2.75, 3.05) is 14.2 Å². The highest BCUT2D eigenvalue weighted by Crippen LogP contribution is 2.24. The van der Waals surface area contributed by atoms with E-state index in [-0.39, 0.29) is 11.6 Å². The van der Waals surface area contributed by atoms with Gasteiger partial charge in [0.05, 0.1) is 14.2 Å². The lowest BCUT2D eigenvalue weighted by atomic mass is 10.1. The number of carbonyl (C=O) groups is 1. The van der Waals surface area contributed by atoms with Crippen LogP contribution in [0.25, 0.3) is 6.08 Å². The quantitative estimate of drug-likeness (QED) is 0.852. The number of nitrogens with one attached hydrogen (secondary N) is 1. The minimum atomic E-state index is -0.409. The first-order valence-electron chi connectivity index (χ1n) is 7.66. The maximum absolute atomic E-state index is 13.4. The largest absolute Gasteiger partial charge is 0.497 e. The van der Waals surface area contributed by atoms with E-state index in [0.29, 0.717) is 23.6 Å². The lowest BCUT2D eigenvalue weighted by Crippen LogP contribution is -2.25. The number of ether oxygens (including phenoxy) is 2. The number of benzene rings is 2. The lowest BCUT2D eigenvalue weighted by molar-refractivity contribution is -0.115. The summed E-state index contributed by atoms with van der Waals surface area (Å²) >= 11 is 0. The van der Waals surface area contributed by atoms with E-state index in [2.05, 4.69) is 10.3 Å². The molecule has 3 rings (SSSR count). The molecule has 1 aliphatic heterocycles. The van der Waals surface area contributed by atoms with Crippen molar-refractivity contribution in [3.05, 3.63) is 65.1 Å². The molecule has 0 saturated carbocycles. The van der Waals surface area contributed by atoms with Crippen molar-refractivity contribution < 1.29 is 18.7 Å². The number of methoxy groups -OCH3 is 2. The number of rotatable bonds is 5. The van der Waals surface area contributed by atoms with Gasteiger partial charge in [0.2, 0.25) is 0 Å². The summed E-state index contributed by atoms with van der Waals surface area (Å²) in [6.45, 7) is 0. The zero-order valence-corrected chi connectivity index (χ0v) is 13.9. The summed E-state index contributed by atoms with van der Waals surface area (Å²) in [5, 5.41) is 2.73. The van der Waals surface area contributed by atoms with Gasteiger partial charge in [-0.3, -0.25) is 4.79 Å². The van der Waals surface area contributed by atoms with Crippen LogP contribution in [0, 0.1) is 5.82 Å². The van der Waals surface area contributed by atoms with Crippen LogP contribution in [-0.4, -0.2) is 26.0 Å². The van der Waals surface area contributed by atoms with E-state index in [1.165, 1.54) is 31.4 Å². The Morgan fingerprint density at radius 3 is 2.56 bits per heavy atom. The molecule has 0 aliphatic carbocycles. The molecule has 0 atom stereocenters. The van der Waals surface area contributed by atoms with Crippen LogP contribution in [0.1, 0.15) is 11.1 Å². The lowest BCUT2D eigenvalue weighted by Gasteiger charge is -2.04. The van der Waals surface area contributed by atoms with Crippen LogP contribution < -0.4 is 14.8 Å². The van der Waals surface area contributed by atoms with Gasteiger partial charge in [0, 0.05) is 12.0 Å². The van der Waals surface area contributed by atoms with Crippen molar-refractivity contribution in [3.8, 4) is 11.5 Å². The first-order valence-corrected chi connectivity index (χ1v) is 7.66. The molecule has 128 valence electrons. The number of amidine groups is 1. The van der Waals surface area contributed by atoms with Crippen LogP contribution in [0.2, 0.25) is 0 Å². The molecule has 1 amide bonds. The number of hydrogen-bond acceptors (Lipinski definition) is 4. The average Bonchev–Trinajstić information content (AvgIpc) is 2.95. The molecule has 25 heavy (non-hydrogen) atoms. The van der Waals surface area contributed by atoms with E-state index in [1.54, 1.807) is 7.11 Å². The van der Waals surface area contributed by atoms with E-state index in [4.69, 9.17) is 9.47 Å². The number of halogens is 1. The van der Waals surface area contributed by atoms with Crippen LogP contribution >= 0.6 is 0 Å². The minimum Gasteiger partial charge on any atom is -0.497 e. The van der Waals surface area contributed by atoms with Crippen LogP contribution in [0.3, 0.4) is 0 Å². The Balaban J connectivity index is 1.83. The highest BCUT2D eigenvalue weighted by atomic mass is 19.1. The summed E-state index contributed by atoms with van der Waals surface area (Å²) in [4.78, 5) is 16.4. The third-order valence-electron chi connectivity index (χ3n) is 3.76. The van der Waals surface area contributed by atoms with Gasteiger partial charge in [-0.25, -0.2) is 9.38 Å². The smallest absolute Gasteiger partial charge is 0.275 e. The van der Waals surface area contributed by atoms with Crippen molar-refractivity contribution >= 4 is 17.8 Å². The third kappa shape index (κ3) is 3.85. The predicted molar refractivity (Wildman–Crippen MR) is 93.2 cm³/mol. The van der Waals surface area contributed by atoms with Gasteiger partial charge in [0.1, 0.15) is 28.8 Å². The molecule has 1 heterocycles. The minimum absolute atomic E-state index is 0.215. The molecular weight excluding hydrogens is 323 g/mol. The second-order valence-corrected chi connectivity index (χ2v) is 5.45. The Hall–Kier alpha value is -3.15. The highest BCUT2D eigenvalue weighted by Gasteiger charge is 2.20. The van der Waals surface area contributed by atoms with Gasteiger partial charge in [-0.15, -0.1) is 0 Å². The van der Waals surface area contributed by atoms with E-state index in [9.17, 15) is 9.18 Å². The van der Waals surface area contributed by atoms with Gasteiger partial charge in [-0.2, -0.15) is 0 Å².